The number of nitrogens with zero attached hydrogens (tertiary/aromatic N) is 2. The van der Waals surface area contributed by atoms with Gasteiger partial charge < -0.3 is 9.80 Å². The van der Waals surface area contributed by atoms with Gasteiger partial charge in [-0.2, -0.15) is 0 Å². The van der Waals surface area contributed by atoms with Gasteiger partial charge in [-0.3, -0.25) is 0 Å². The topological polar surface area (TPSA) is 6.48 Å². The van der Waals surface area contributed by atoms with Crippen LogP contribution in [0, 0.1) is 0 Å². The predicted octanol–water partition coefficient (Wildman–Crippen LogP) is 22.8. The lowest BCUT2D eigenvalue weighted by molar-refractivity contribution is 0.569. The molecule has 10 aromatic carbocycles. The van der Waals surface area contributed by atoms with E-state index in [0.29, 0.717) is 5.02 Å². The number of anilines is 6. The number of para-hydroxylation sites is 1. The SMILES string of the molecule is CC(C)(C)c1cc(-c2cc(N(c3ccccc3)c3c(-c4ccccc4)cc(C(C)(C)C)cc3-c3ccccc3)cc(N(c3cccc(Cl)c3)c3c(-c4ccccc4)cc(C(C)(C)C)cc3-c3ccccc3)c2)cc(C(C)(C)C)c1. The van der Waals surface area contributed by atoms with E-state index in [1.807, 2.05) is 6.07 Å². The molecule has 79 heavy (non-hydrogen) atoms. The quantitative estimate of drug-likeness (QED) is 0.127. The summed E-state index contributed by atoms with van der Waals surface area (Å²) < 4.78 is 0. The maximum absolute atomic E-state index is 7.21. The van der Waals surface area contributed by atoms with Crippen molar-refractivity contribution in [1.29, 1.82) is 0 Å². The molecule has 10 aromatic rings. The van der Waals surface area contributed by atoms with Crippen LogP contribution in [0.25, 0.3) is 55.6 Å². The van der Waals surface area contributed by atoms with Crippen molar-refractivity contribution in [3.8, 4) is 55.6 Å². The summed E-state index contributed by atoms with van der Waals surface area (Å²) in [6, 6.07) is 87.3. The zero-order valence-electron chi connectivity index (χ0n) is 48.3. The molecule has 396 valence electrons. The maximum atomic E-state index is 7.21. The molecule has 3 heteroatoms. The lowest BCUT2D eigenvalue weighted by Crippen LogP contribution is -2.18. The Morgan fingerprint density at radius 1 is 0.241 bits per heavy atom. The van der Waals surface area contributed by atoms with Crippen molar-refractivity contribution in [1.82, 2.24) is 0 Å². The van der Waals surface area contributed by atoms with Gasteiger partial charge in [-0.05, 0) is 150 Å². The predicted molar refractivity (Wildman–Crippen MR) is 343 cm³/mol. The number of halogens is 1. The van der Waals surface area contributed by atoms with Crippen LogP contribution in [0.5, 0.6) is 0 Å². The van der Waals surface area contributed by atoms with Crippen molar-refractivity contribution in [3.63, 3.8) is 0 Å². The zero-order chi connectivity index (χ0) is 55.9. The van der Waals surface area contributed by atoms with Gasteiger partial charge >= 0.3 is 0 Å². The minimum absolute atomic E-state index is 0.118. The van der Waals surface area contributed by atoms with E-state index >= 15 is 0 Å². The third kappa shape index (κ3) is 11.8. The maximum Gasteiger partial charge on any atom is 0.0618 e. The third-order valence-corrected chi connectivity index (χ3v) is 15.5. The van der Waals surface area contributed by atoms with Gasteiger partial charge in [0.15, 0.2) is 0 Å². The summed E-state index contributed by atoms with van der Waals surface area (Å²) in [6.45, 7) is 27.9. The van der Waals surface area contributed by atoms with E-state index in [1.165, 1.54) is 22.3 Å². The van der Waals surface area contributed by atoms with Gasteiger partial charge in [0, 0.05) is 50.0 Å². The first-order valence-corrected chi connectivity index (χ1v) is 28.3. The van der Waals surface area contributed by atoms with Crippen molar-refractivity contribution < 1.29 is 0 Å². The normalized spacial score (nSPS) is 12.1. The molecule has 0 heterocycles. The van der Waals surface area contributed by atoms with Crippen LogP contribution < -0.4 is 9.80 Å². The molecule has 0 atom stereocenters. The van der Waals surface area contributed by atoms with Crippen LogP contribution in [0.4, 0.5) is 34.1 Å². The summed E-state index contributed by atoms with van der Waals surface area (Å²) in [5, 5.41) is 0.658. The molecular formula is C76H75ClN2. The monoisotopic (exact) mass is 1050 g/mol. The Morgan fingerprint density at radius 2 is 0.532 bits per heavy atom. The molecule has 0 amide bonds. The second-order valence-corrected chi connectivity index (χ2v) is 25.8. The van der Waals surface area contributed by atoms with E-state index in [0.717, 1.165) is 89.8 Å². The van der Waals surface area contributed by atoms with Gasteiger partial charge in [-0.15, -0.1) is 0 Å². The first-order chi connectivity index (χ1) is 37.6. The average molecular weight is 1050 g/mol. The summed E-state index contributed by atoms with van der Waals surface area (Å²) >= 11 is 7.21. The molecule has 0 aliphatic carbocycles. The molecule has 10 rings (SSSR count). The Labute approximate surface area is 477 Å². The van der Waals surface area contributed by atoms with Crippen molar-refractivity contribution in [3.05, 3.63) is 264 Å². The van der Waals surface area contributed by atoms with E-state index in [9.17, 15) is 0 Å². The van der Waals surface area contributed by atoms with Crippen molar-refractivity contribution >= 4 is 45.7 Å². The molecule has 0 spiro atoms. The van der Waals surface area contributed by atoms with Crippen LogP contribution >= 0.6 is 11.6 Å². The van der Waals surface area contributed by atoms with Crippen LogP contribution in [0.3, 0.4) is 0 Å². The van der Waals surface area contributed by atoms with E-state index in [-0.39, 0.29) is 21.7 Å². The summed E-state index contributed by atoms with van der Waals surface area (Å²) in [5.41, 5.74) is 22.0. The number of hydrogen-bond acceptors (Lipinski definition) is 2. The Hall–Kier alpha value is -7.91. The molecule has 2 nitrogen and oxygen atoms in total. The minimum atomic E-state index is -0.159. The molecule has 0 saturated heterocycles. The zero-order valence-corrected chi connectivity index (χ0v) is 49.0. The van der Waals surface area contributed by atoms with Crippen LogP contribution in [-0.2, 0) is 21.7 Å². The van der Waals surface area contributed by atoms with Gasteiger partial charge in [0.1, 0.15) is 0 Å². The Morgan fingerprint density at radius 3 is 0.861 bits per heavy atom. The first kappa shape index (κ1) is 54.4. The largest absolute Gasteiger partial charge is 0.309 e. The second kappa shape index (κ2) is 21.7. The number of hydrogen-bond donors (Lipinski definition) is 0. The molecule has 0 N–H and O–H groups in total. The van der Waals surface area contributed by atoms with Crippen LogP contribution in [0.15, 0.2) is 237 Å². The van der Waals surface area contributed by atoms with E-state index < -0.39 is 0 Å². The van der Waals surface area contributed by atoms with Crippen LogP contribution in [0.2, 0.25) is 5.02 Å². The molecular weight excluding hydrogens is 976 g/mol. The molecule has 0 aliphatic rings. The minimum Gasteiger partial charge on any atom is -0.309 e. The van der Waals surface area contributed by atoms with Crippen LogP contribution in [0.1, 0.15) is 105 Å². The highest BCUT2D eigenvalue weighted by molar-refractivity contribution is 6.31. The fourth-order valence-electron chi connectivity index (χ4n) is 10.7. The smallest absolute Gasteiger partial charge is 0.0618 e. The Bertz CT molecular complexity index is 3590. The second-order valence-electron chi connectivity index (χ2n) is 25.3. The highest BCUT2D eigenvalue weighted by Crippen LogP contribution is 2.54. The first-order valence-electron chi connectivity index (χ1n) is 27.9. The van der Waals surface area contributed by atoms with E-state index in [2.05, 4.69) is 323 Å². The molecule has 0 aliphatic heterocycles. The van der Waals surface area contributed by atoms with Gasteiger partial charge in [0.2, 0.25) is 0 Å². The molecule has 0 saturated carbocycles. The Balaban J connectivity index is 1.42. The van der Waals surface area contributed by atoms with Gasteiger partial charge in [-0.1, -0.05) is 258 Å². The summed E-state index contributed by atoms with van der Waals surface area (Å²) in [6.07, 6.45) is 0. The van der Waals surface area contributed by atoms with E-state index in [1.54, 1.807) is 0 Å². The highest BCUT2D eigenvalue weighted by Gasteiger charge is 2.31. The fraction of sp³-hybridized carbons (Fsp3) is 0.211. The van der Waals surface area contributed by atoms with Gasteiger partial charge in [0.25, 0.3) is 0 Å². The average Bonchev–Trinajstić information content (AvgIpc) is 3.61. The standard InChI is InChI=1S/C76H75ClN2/c1-73(2,3)58-41-56(42-59(45-58)74(4,5)6)57-43-65(78(63-38-26-17-27-39-63)71-67(52-29-18-13-19-30-52)46-60(75(7,8)9)47-68(71)53-31-20-14-21-32-53)51-66(44-57)79(64-40-28-37-62(77)50-64)72-69(54-33-22-15-23-34-54)48-61(76(10,11)12)49-70(72)55-35-24-16-25-36-55/h13-51H,1-12H3. The lowest BCUT2D eigenvalue weighted by atomic mass is 9.79. The van der Waals surface area contributed by atoms with Crippen molar-refractivity contribution in [2.24, 2.45) is 0 Å². The number of benzene rings is 10. The van der Waals surface area contributed by atoms with Gasteiger partial charge in [0.05, 0.1) is 11.4 Å². The van der Waals surface area contributed by atoms with Gasteiger partial charge in [-0.25, -0.2) is 0 Å². The van der Waals surface area contributed by atoms with Crippen LogP contribution in [-0.4, -0.2) is 0 Å². The Kier molecular flexibility index (Phi) is 15.0. The summed E-state index contributed by atoms with van der Waals surface area (Å²) in [5.74, 6) is 0. The lowest BCUT2D eigenvalue weighted by Gasteiger charge is -2.35. The van der Waals surface area contributed by atoms with Crippen molar-refractivity contribution in [2.75, 3.05) is 9.80 Å². The molecule has 0 unspecified atom stereocenters. The number of rotatable bonds is 11. The summed E-state index contributed by atoms with van der Waals surface area (Å²) in [4.78, 5) is 5.01. The molecule has 0 radical (unpaired) electrons. The highest BCUT2D eigenvalue weighted by atomic mass is 35.5. The van der Waals surface area contributed by atoms with E-state index in [4.69, 9.17) is 11.6 Å². The molecule has 0 fully saturated rings. The third-order valence-electron chi connectivity index (χ3n) is 15.2. The fourth-order valence-corrected chi connectivity index (χ4v) is 10.8. The van der Waals surface area contributed by atoms with Crippen molar-refractivity contribution in [2.45, 2.75) is 105 Å². The molecule has 0 aromatic heterocycles. The molecule has 0 bridgehead atoms. The summed E-state index contributed by atoms with van der Waals surface area (Å²) in [7, 11) is 0.